The molecule has 1 aromatic heterocycles. The summed E-state index contributed by atoms with van der Waals surface area (Å²) in [5.41, 5.74) is 0.933. The van der Waals surface area contributed by atoms with Crippen LogP contribution in [-0.4, -0.2) is 36.7 Å². The van der Waals surface area contributed by atoms with E-state index >= 15 is 0 Å². The monoisotopic (exact) mass is 371 g/mol. The molecule has 1 aliphatic heterocycles. The average Bonchev–Trinajstić information content (AvgIpc) is 2.99. The number of halogens is 2. The molecule has 23 heavy (non-hydrogen) atoms. The second kappa shape index (κ2) is 7.59. The molecule has 0 aliphatic carbocycles. The number of anilines is 1. The summed E-state index contributed by atoms with van der Waals surface area (Å²) in [5.74, 6) is -0.133. The van der Waals surface area contributed by atoms with Gasteiger partial charge in [-0.05, 0) is 23.8 Å². The fourth-order valence-corrected chi connectivity index (χ4v) is 3.46. The number of benzene rings is 1. The molecular weight excluding hydrogens is 357 g/mol. The first-order valence-electron chi connectivity index (χ1n) is 7.12. The Morgan fingerprint density at radius 2 is 2.35 bits per heavy atom. The number of ether oxygens (including phenoxy) is 1. The largest absolute Gasteiger partial charge is 0.378 e. The van der Waals surface area contributed by atoms with E-state index in [1.807, 2.05) is 6.07 Å². The highest BCUT2D eigenvalue weighted by Crippen LogP contribution is 2.27. The number of carbonyl (C=O) groups is 1. The van der Waals surface area contributed by atoms with Crippen molar-refractivity contribution in [3.05, 3.63) is 44.9 Å². The molecule has 122 valence electrons. The lowest BCUT2D eigenvalue weighted by Crippen LogP contribution is -2.48. The minimum absolute atomic E-state index is 0.133. The van der Waals surface area contributed by atoms with Crippen LogP contribution in [0.2, 0.25) is 10.0 Å². The first kappa shape index (κ1) is 16.7. The molecule has 0 radical (unpaired) electrons. The van der Waals surface area contributed by atoms with Crippen molar-refractivity contribution < 1.29 is 9.53 Å². The Labute approximate surface area is 148 Å². The van der Waals surface area contributed by atoms with Crippen LogP contribution in [-0.2, 0) is 16.0 Å². The molecule has 2 aromatic rings. The number of morpholine rings is 1. The van der Waals surface area contributed by atoms with Gasteiger partial charge in [-0.3, -0.25) is 4.79 Å². The predicted molar refractivity (Wildman–Crippen MR) is 92.6 cm³/mol. The summed E-state index contributed by atoms with van der Waals surface area (Å²) in [7, 11) is 0. The number of amides is 1. The summed E-state index contributed by atoms with van der Waals surface area (Å²) >= 11 is 13.6. The average molecular weight is 372 g/mol. The van der Waals surface area contributed by atoms with Crippen molar-refractivity contribution in [2.24, 2.45) is 0 Å². The molecular formula is C15H15Cl2N3O2S. The van der Waals surface area contributed by atoms with E-state index in [1.165, 1.54) is 11.3 Å². The Balaban J connectivity index is 1.63. The molecule has 0 spiro atoms. The molecule has 0 saturated carbocycles. The summed E-state index contributed by atoms with van der Waals surface area (Å²) in [4.78, 5) is 17.3. The quantitative estimate of drug-likeness (QED) is 0.866. The van der Waals surface area contributed by atoms with Gasteiger partial charge in [0.25, 0.3) is 0 Å². The van der Waals surface area contributed by atoms with Crippen molar-refractivity contribution in [2.45, 2.75) is 12.5 Å². The van der Waals surface area contributed by atoms with Crippen LogP contribution in [0.5, 0.6) is 0 Å². The van der Waals surface area contributed by atoms with Gasteiger partial charge < -0.3 is 15.4 Å². The molecule has 5 nitrogen and oxygen atoms in total. The van der Waals surface area contributed by atoms with E-state index in [0.717, 1.165) is 10.4 Å². The second-order valence-corrected chi connectivity index (χ2v) is 7.07. The summed E-state index contributed by atoms with van der Waals surface area (Å²) in [6.45, 7) is 1.68. The molecule has 3 rings (SSSR count). The van der Waals surface area contributed by atoms with Gasteiger partial charge in [-0.25, -0.2) is 4.98 Å². The molecule has 1 atom stereocenters. The smallest absolute Gasteiger partial charge is 0.245 e. The molecule has 8 heteroatoms. The van der Waals surface area contributed by atoms with Gasteiger partial charge in [0.2, 0.25) is 5.91 Å². The van der Waals surface area contributed by atoms with E-state index in [-0.39, 0.29) is 11.9 Å². The SMILES string of the molecule is O=C(Nc1ncc(Cc2cc(Cl)ccc2Cl)s1)C1COCCN1. The van der Waals surface area contributed by atoms with Gasteiger partial charge in [-0.15, -0.1) is 11.3 Å². The molecule has 1 aliphatic rings. The van der Waals surface area contributed by atoms with Crippen LogP contribution in [0.4, 0.5) is 5.13 Å². The van der Waals surface area contributed by atoms with Crippen molar-refractivity contribution in [2.75, 3.05) is 25.1 Å². The summed E-state index contributed by atoms with van der Waals surface area (Å²) in [5, 5.41) is 7.79. The van der Waals surface area contributed by atoms with Gasteiger partial charge >= 0.3 is 0 Å². The summed E-state index contributed by atoms with van der Waals surface area (Å²) in [6, 6.07) is 5.03. The lowest BCUT2D eigenvalue weighted by Gasteiger charge is -2.22. The van der Waals surface area contributed by atoms with Crippen LogP contribution in [0.1, 0.15) is 10.4 Å². The molecule has 1 amide bonds. The van der Waals surface area contributed by atoms with Crippen LogP contribution in [0.3, 0.4) is 0 Å². The maximum atomic E-state index is 12.1. The highest BCUT2D eigenvalue weighted by atomic mass is 35.5. The number of rotatable bonds is 4. The van der Waals surface area contributed by atoms with Crippen molar-refractivity contribution in [3.8, 4) is 0 Å². The molecule has 1 unspecified atom stereocenters. The number of nitrogens with zero attached hydrogens (tertiary/aromatic N) is 1. The Kier molecular flexibility index (Phi) is 5.50. The third kappa shape index (κ3) is 4.43. The fraction of sp³-hybridized carbons (Fsp3) is 0.333. The van der Waals surface area contributed by atoms with Crippen molar-refractivity contribution in [3.63, 3.8) is 0 Å². The highest BCUT2D eigenvalue weighted by Gasteiger charge is 2.22. The Morgan fingerprint density at radius 3 is 3.13 bits per heavy atom. The predicted octanol–water partition coefficient (Wildman–Crippen LogP) is 2.97. The van der Waals surface area contributed by atoms with E-state index in [0.29, 0.717) is 41.4 Å². The molecule has 0 bridgehead atoms. The number of aromatic nitrogens is 1. The first-order valence-corrected chi connectivity index (χ1v) is 8.69. The van der Waals surface area contributed by atoms with Crippen molar-refractivity contribution >= 4 is 45.6 Å². The summed E-state index contributed by atoms with van der Waals surface area (Å²) in [6.07, 6.45) is 2.36. The fourth-order valence-electron chi connectivity index (χ4n) is 2.24. The zero-order chi connectivity index (χ0) is 16.2. The molecule has 1 fully saturated rings. The minimum atomic E-state index is -0.335. The zero-order valence-electron chi connectivity index (χ0n) is 12.1. The number of carbonyl (C=O) groups excluding carboxylic acids is 1. The zero-order valence-corrected chi connectivity index (χ0v) is 14.5. The van der Waals surface area contributed by atoms with Crippen LogP contribution in [0.15, 0.2) is 24.4 Å². The van der Waals surface area contributed by atoms with Gasteiger partial charge in [0.15, 0.2) is 5.13 Å². The van der Waals surface area contributed by atoms with Crippen molar-refractivity contribution in [1.82, 2.24) is 10.3 Å². The maximum absolute atomic E-state index is 12.1. The van der Waals surface area contributed by atoms with E-state index in [1.54, 1.807) is 18.3 Å². The van der Waals surface area contributed by atoms with Gasteiger partial charge in [-0.2, -0.15) is 0 Å². The Bertz CT molecular complexity index is 702. The minimum Gasteiger partial charge on any atom is -0.378 e. The number of hydrogen-bond acceptors (Lipinski definition) is 5. The lowest BCUT2D eigenvalue weighted by atomic mass is 10.1. The Hall–Kier alpha value is -1.18. The lowest BCUT2D eigenvalue weighted by molar-refractivity contribution is -0.120. The first-order chi connectivity index (χ1) is 11.1. The van der Waals surface area contributed by atoms with Crippen LogP contribution in [0.25, 0.3) is 0 Å². The van der Waals surface area contributed by atoms with Gasteiger partial charge in [-0.1, -0.05) is 23.2 Å². The van der Waals surface area contributed by atoms with Gasteiger partial charge in [0.05, 0.1) is 13.2 Å². The molecule has 2 heterocycles. The number of nitrogens with one attached hydrogen (secondary N) is 2. The van der Waals surface area contributed by atoms with Crippen LogP contribution >= 0.6 is 34.5 Å². The van der Waals surface area contributed by atoms with E-state index in [2.05, 4.69) is 15.6 Å². The van der Waals surface area contributed by atoms with Crippen LogP contribution in [0, 0.1) is 0 Å². The van der Waals surface area contributed by atoms with E-state index in [4.69, 9.17) is 27.9 Å². The maximum Gasteiger partial charge on any atom is 0.245 e. The van der Waals surface area contributed by atoms with Gasteiger partial charge in [0, 0.05) is 34.1 Å². The van der Waals surface area contributed by atoms with E-state index in [9.17, 15) is 4.79 Å². The Morgan fingerprint density at radius 1 is 1.48 bits per heavy atom. The van der Waals surface area contributed by atoms with Crippen LogP contribution < -0.4 is 10.6 Å². The number of hydrogen-bond donors (Lipinski definition) is 2. The molecule has 2 N–H and O–H groups in total. The third-order valence-electron chi connectivity index (χ3n) is 3.39. The highest BCUT2D eigenvalue weighted by molar-refractivity contribution is 7.15. The standard InChI is InChI=1S/C15H15Cl2N3O2S/c16-10-1-2-12(17)9(5-10)6-11-7-19-15(23-11)20-14(21)13-8-22-4-3-18-13/h1-2,5,7,13,18H,3-4,6,8H2,(H,19,20,21). The second-order valence-electron chi connectivity index (χ2n) is 5.12. The van der Waals surface area contributed by atoms with Crippen molar-refractivity contribution in [1.29, 1.82) is 0 Å². The number of thiazole rings is 1. The topological polar surface area (TPSA) is 63.2 Å². The molecule has 1 saturated heterocycles. The molecule has 1 aromatic carbocycles. The summed E-state index contributed by atoms with van der Waals surface area (Å²) < 4.78 is 5.28. The van der Waals surface area contributed by atoms with E-state index < -0.39 is 0 Å². The van der Waals surface area contributed by atoms with Gasteiger partial charge in [0.1, 0.15) is 6.04 Å². The third-order valence-corrected chi connectivity index (χ3v) is 4.91. The normalized spacial score (nSPS) is 17.9.